The quantitative estimate of drug-likeness (QED) is 0.792. The number of benzene rings is 1. The van der Waals surface area contributed by atoms with Gasteiger partial charge >= 0.3 is 0 Å². The van der Waals surface area contributed by atoms with Gasteiger partial charge in [-0.05, 0) is 57.4 Å². The highest BCUT2D eigenvalue weighted by Crippen LogP contribution is 2.25. The Hall–Kier alpha value is -1.28. The van der Waals surface area contributed by atoms with E-state index in [2.05, 4.69) is 12.2 Å². The molecule has 110 valence electrons. The molecule has 0 aromatic heterocycles. The lowest BCUT2D eigenvalue weighted by Gasteiger charge is -2.22. The molecule has 0 aliphatic carbocycles. The molecule has 0 unspecified atom stereocenters. The molecule has 20 heavy (non-hydrogen) atoms. The second kappa shape index (κ2) is 6.94. The Bertz CT molecular complexity index is 495. The highest BCUT2D eigenvalue weighted by atomic mass is 35.5. The van der Waals surface area contributed by atoms with Crippen LogP contribution in [0.3, 0.4) is 0 Å². The van der Waals surface area contributed by atoms with Crippen LogP contribution in [0.15, 0.2) is 29.8 Å². The van der Waals surface area contributed by atoms with E-state index >= 15 is 0 Å². The van der Waals surface area contributed by atoms with Crippen LogP contribution in [0, 0.1) is 0 Å². The topological polar surface area (TPSA) is 29.1 Å². The molecule has 1 amide bonds. The van der Waals surface area contributed by atoms with Crippen molar-refractivity contribution in [1.82, 2.24) is 5.32 Å². The Morgan fingerprint density at radius 2 is 1.75 bits per heavy atom. The fourth-order valence-corrected chi connectivity index (χ4v) is 2.15. The van der Waals surface area contributed by atoms with Gasteiger partial charge in [-0.1, -0.05) is 37.1 Å². The van der Waals surface area contributed by atoms with Crippen LogP contribution in [-0.4, -0.2) is 11.4 Å². The van der Waals surface area contributed by atoms with Gasteiger partial charge in [-0.2, -0.15) is 0 Å². The van der Waals surface area contributed by atoms with Crippen molar-refractivity contribution in [2.45, 2.75) is 53.0 Å². The maximum absolute atomic E-state index is 12.3. The van der Waals surface area contributed by atoms with Gasteiger partial charge < -0.3 is 5.32 Å². The van der Waals surface area contributed by atoms with Crippen LogP contribution >= 0.6 is 11.6 Å². The maximum atomic E-state index is 12.3. The molecule has 0 aliphatic heterocycles. The number of carbonyl (C=O) groups is 1. The number of nitrogens with one attached hydrogen (secondary N) is 1. The molecule has 1 rings (SSSR count). The van der Waals surface area contributed by atoms with E-state index in [4.69, 9.17) is 11.6 Å². The van der Waals surface area contributed by atoms with Gasteiger partial charge in [-0.15, -0.1) is 0 Å². The van der Waals surface area contributed by atoms with Crippen molar-refractivity contribution in [1.29, 1.82) is 0 Å². The lowest BCUT2D eigenvalue weighted by molar-refractivity contribution is -0.118. The average molecular weight is 294 g/mol. The summed E-state index contributed by atoms with van der Waals surface area (Å²) in [7, 11) is 0. The molecule has 0 aliphatic rings. The summed E-state index contributed by atoms with van der Waals surface area (Å²) in [6, 6.07) is 7.67. The molecule has 0 atom stereocenters. The minimum Gasteiger partial charge on any atom is -0.348 e. The van der Waals surface area contributed by atoms with E-state index < -0.39 is 0 Å². The van der Waals surface area contributed by atoms with E-state index in [1.807, 2.05) is 52.0 Å². The predicted octanol–water partition coefficient (Wildman–Crippen LogP) is 4.83. The van der Waals surface area contributed by atoms with Crippen molar-refractivity contribution in [2.75, 3.05) is 0 Å². The second-order valence-electron chi connectivity index (χ2n) is 6.06. The zero-order valence-corrected chi connectivity index (χ0v) is 13.8. The summed E-state index contributed by atoms with van der Waals surface area (Å²) in [6.07, 6.45) is 1.88. The molecule has 0 saturated heterocycles. The fraction of sp³-hybridized carbons (Fsp3) is 0.471. The van der Waals surface area contributed by atoms with Gasteiger partial charge in [-0.3, -0.25) is 4.79 Å². The first-order valence-corrected chi connectivity index (χ1v) is 7.40. The molecule has 1 aromatic carbocycles. The van der Waals surface area contributed by atoms with Crippen molar-refractivity contribution in [3.63, 3.8) is 0 Å². The van der Waals surface area contributed by atoms with E-state index in [1.165, 1.54) is 0 Å². The van der Waals surface area contributed by atoms with Crippen LogP contribution in [-0.2, 0) is 4.79 Å². The van der Waals surface area contributed by atoms with Gasteiger partial charge in [0.1, 0.15) is 0 Å². The summed E-state index contributed by atoms with van der Waals surface area (Å²) in [5, 5.41) is 3.73. The van der Waals surface area contributed by atoms with Crippen LogP contribution in [0.4, 0.5) is 0 Å². The van der Waals surface area contributed by atoms with Crippen LogP contribution in [0.1, 0.15) is 53.0 Å². The standard InChI is InChI=1S/C17H24ClNO/c1-6-7-15(13-8-10-14(18)11-9-13)12(2)16(20)19-17(3,4)5/h8-11H,6-7H2,1-5H3,(H,19,20)/b15-12-. The van der Waals surface area contributed by atoms with E-state index in [9.17, 15) is 4.79 Å². The van der Waals surface area contributed by atoms with Crippen molar-refractivity contribution in [2.24, 2.45) is 0 Å². The monoisotopic (exact) mass is 293 g/mol. The molecule has 3 heteroatoms. The van der Waals surface area contributed by atoms with Crippen molar-refractivity contribution in [3.05, 3.63) is 40.4 Å². The Morgan fingerprint density at radius 1 is 1.20 bits per heavy atom. The molecule has 0 fully saturated rings. The number of carbonyl (C=O) groups excluding carboxylic acids is 1. The molecule has 0 bridgehead atoms. The maximum Gasteiger partial charge on any atom is 0.247 e. The van der Waals surface area contributed by atoms with Gasteiger partial charge in [0.15, 0.2) is 0 Å². The summed E-state index contributed by atoms with van der Waals surface area (Å²) in [4.78, 5) is 12.3. The molecular weight excluding hydrogens is 270 g/mol. The third kappa shape index (κ3) is 5.01. The van der Waals surface area contributed by atoms with Gasteiger partial charge in [-0.25, -0.2) is 0 Å². The van der Waals surface area contributed by atoms with Crippen LogP contribution in [0.25, 0.3) is 5.57 Å². The highest BCUT2D eigenvalue weighted by Gasteiger charge is 2.17. The SMILES string of the molecule is CCC/C(=C(\C)C(=O)NC(C)(C)C)c1ccc(Cl)cc1. The lowest BCUT2D eigenvalue weighted by Crippen LogP contribution is -2.41. The number of halogens is 1. The van der Waals surface area contributed by atoms with Crippen LogP contribution < -0.4 is 5.32 Å². The number of allylic oxidation sites excluding steroid dienone is 1. The zero-order chi connectivity index (χ0) is 15.3. The van der Waals surface area contributed by atoms with Crippen molar-refractivity contribution in [3.8, 4) is 0 Å². The normalized spacial score (nSPS) is 12.9. The Kier molecular flexibility index (Phi) is 5.82. The first-order valence-electron chi connectivity index (χ1n) is 7.03. The number of rotatable bonds is 4. The van der Waals surface area contributed by atoms with Crippen molar-refractivity contribution >= 4 is 23.1 Å². The minimum atomic E-state index is -0.227. The van der Waals surface area contributed by atoms with Crippen LogP contribution in [0.2, 0.25) is 5.02 Å². The van der Waals surface area contributed by atoms with Crippen LogP contribution in [0.5, 0.6) is 0 Å². The third-order valence-corrected chi connectivity index (χ3v) is 3.23. The van der Waals surface area contributed by atoms with E-state index in [-0.39, 0.29) is 11.4 Å². The molecule has 0 heterocycles. The molecular formula is C17H24ClNO. The van der Waals surface area contributed by atoms with E-state index in [1.54, 1.807) is 0 Å². The van der Waals surface area contributed by atoms with Gasteiger partial charge in [0.05, 0.1) is 0 Å². The predicted molar refractivity (Wildman–Crippen MR) is 86.8 cm³/mol. The summed E-state index contributed by atoms with van der Waals surface area (Å²) >= 11 is 5.93. The minimum absolute atomic E-state index is 0.00380. The summed E-state index contributed by atoms with van der Waals surface area (Å²) in [5.74, 6) is -0.00380. The van der Waals surface area contributed by atoms with E-state index in [0.717, 1.165) is 29.6 Å². The summed E-state index contributed by atoms with van der Waals surface area (Å²) in [6.45, 7) is 9.96. The molecule has 1 N–H and O–H groups in total. The number of hydrogen-bond acceptors (Lipinski definition) is 1. The average Bonchev–Trinajstić information content (AvgIpc) is 2.34. The Morgan fingerprint density at radius 3 is 2.20 bits per heavy atom. The number of amides is 1. The first-order chi connectivity index (χ1) is 9.24. The Balaban J connectivity index is 3.13. The first kappa shape index (κ1) is 16.8. The smallest absolute Gasteiger partial charge is 0.247 e. The van der Waals surface area contributed by atoms with E-state index in [0.29, 0.717) is 5.02 Å². The summed E-state index contributed by atoms with van der Waals surface area (Å²) < 4.78 is 0. The van der Waals surface area contributed by atoms with Crippen molar-refractivity contribution < 1.29 is 4.79 Å². The highest BCUT2D eigenvalue weighted by molar-refractivity contribution is 6.30. The molecule has 1 aromatic rings. The molecule has 0 saturated carbocycles. The largest absolute Gasteiger partial charge is 0.348 e. The summed E-state index contributed by atoms with van der Waals surface area (Å²) in [5.41, 5.74) is 2.71. The van der Waals surface area contributed by atoms with Gasteiger partial charge in [0.2, 0.25) is 5.91 Å². The molecule has 2 nitrogen and oxygen atoms in total. The second-order valence-corrected chi connectivity index (χ2v) is 6.50. The molecule has 0 spiro atoms. The molecule has 0 radical (unpaired) electrons. The zero-order valence-electron chi connectivity index (χ0n) is 13.0. The lowest BCUT2D eigenvalue weighted by atomic mass is 9.95. The fourth-order valence-electron chi connectivity index (χ4n) is 2.02. The number of hydrogen-bond donors (Lipinski definition) is 1. The van der Waals surface area contributed by atoms with Gasteiger partial charge in [0, 0.05) is 16.1 Å². The third-order valence-electron chi connectivity index (χ3n) is 2.97. The Labute approximate surface area is 127 Å². The van der Waals surface area contributed by atoms with Gasteiger partial charge in [0.25, 0.3) is 0 Å².